The van der Waals surface area contributed by atoms with Crippen LogP contribution < -0.4 is 5.32 Å². The van der Waals surface area contributed by atoms with Crippen LogP contribution in [0.4, 0.5) is 11.6 Å². The van der Waals surface area contributed by atoms with Gasteiger partial charge in [0.15, 0.2) is 0 Å². The highest BCUT2D eigenvalue weighted by Gasteiger charge is 2.14. The molecular weight excluding hydrogens is 380 g/mol. The Balaban J connectivity index is 1.66. The SMILES string of the molecule is CC(Nc1nc(Cl)cc(-n2cnc3ccccc32)n1)c1cccc([N+](=O)[O-])c1. The largest absolute Gasteiger partial charge is 0.348 e. The molecule has 0 saturated heterocycles. The lowest BCUT2D eigenvalue weighted by atomic mass is 10.1. The molecule has 1 atom stereocenters. The predicted molar refractivity (Wildman–Crippen MR) is 107 cm³/mol. The summed E-state index contributed by atoms with van der Waals surface area (Å²) in [4.78, 5) is 23.7. The summed E-state index contributed by atoms with van der Waals surface area (Å²) in [5, 5.41) is 14.4. The van der Waals surface area contributed by atoms with Gasteiger partial charge in [-0.05, 0) is 24.6 Å². The Morgan fingerprint density at radius 2 is 1.96 bits per heavy atom. The molecular formula is C19H15ClN6O2. The number of hydrogen-bond donors (Lipinski definition) is 1. The van der Waals surface area contributed by atoms with Gasteiger partial charge >= 0.3 is 0 Å². The third-order valence-corrected chi connectivity index (χ3v) is 4.50. The average molecular weight is 395 g/mol. The number of imidazole rings is 1. The zero-order chi connectivity index (χ0) is 19.7. The number of fused-ring (bicyclic) bond motifs is 1. The lowest BCUT2D eigenvalue weighted by Gasteiger charge is -2.15. The minimum atomic E-state index is -0.422. The predicted octanol–water partition coefficient (Wildman–Crippen LogP) is 4.55. The van der Waals surface area contributed by atoms with Crippen molar-refractivity contribution in [3.8, 4) is 5.82 Å². The van der Waals surface area contributed by atoms with Crippen LogP contribution in [0.2, 0.25) is 5.15 Å². The Hall–Kier alpha value is -3.52. The molecule has 0 radical (unpaired) electrons. The van der Waals surface area contributed by atoms with Gasteiger partial charge in [0.2, 0.25) is 5.95 Å². The fourth-order valence-corrected chi connectivity index (χ4v) is 3.10. The lowest BCUT2D eigenvalue weighted by Crippen LogP contribution is -2.11. The van der Waals surface area contributed by atoms with E-state index in [4.69, 9.17) is 11.6 Å². The van der Waals surface area contributed by atoms with Crippen molar-refractivity contribution < 1.29 is 4.92 Å². The molecule has 0 amide bonds. The topological polar surface area (TPSA) is 98.8 Å². The molecule has 2 aromatic heterocycles. The number of nitro groups is 1. The zero-order valence-electron chi connectivity index (χ0n) is 14.8. The molecule has 0 aliphatic rings. The molecule has 0 saturated carbocycles. The molecule has 0 bridgehead atoms. The second-order valence-corrected chi connectivity index (χ2v) is 6.58. The van der Waals surface area contributed by atoms with Gasteiger partial charge < -0.3 is 5.32 Å². The molecule has 2 aromatic carbocycles. The summed E-state index contributed by atoms with van der Waals surface area (Å²) in [5.41, 5.74) is 2.52. The van der Waals surface area contributed by atoms with Crippen LogP contribution >= 0.6 is 11.6 Å². The third-order valence-electron chi connectivity index (χ3n) is 4.31. The molecule has 0 aliphatic heterocycles. The molecule has 0 aliphatic carbocycles. The monoisotopic (exact) mass is 394 g/mol. The molecule has 4 aromatic rings. The first-order valence-electron chi connectivity index (χ1n) is 8.49. The second kappa shape index (κ2) is 7.24. The number of nitro benzene ring substituents is 1. The van der Waals surface area contributed by atoms with Crippen LogP contribution in [0.15, 0.2) is 60.9 Å². The van der Waals surface area contributed by atoms with E-state index in [-0.39, 0.29) is 16.9 Å². The van der Waals surface area contributed by atoms with Crippen molar-refractivity contribution in [3.05, 3.63) is 81.8 Å². The highest BCUT2D eigenvalue weighted by Crippen LogP contribution is 2.24. The van der Waals surface area contributed by atoms with E-state index in [9.17, 15) is 10.1 Å². The van der Waals surface area contributed by atoms with Gasteiger partial charge in [-0.25, -0.2) is 9.97 Å². The van der Waals surface area contributed by atoms with Gasteiger partial charge in [0.25, 0.3) is 5.69 Å². The van der Waals surface area contributed by atoms with E-state index < -0.39 is 4.92 Å². The number of nitrogens with one attached hydrogen (secondary N) is 1. The first-order valence-corrected chi connectivity index (χ1v) is 8.87. The van der Waals surface area contributed by atoms with E-state index in [0.29, 0.717) is 11.8 Å². The van der Waals surface area contributed by atoms with Crippen LogP contribution in [0.25, 0.3) is 16.9 Å². The zero-order valence-corrected chi connectivity index (χ0v) is 15.5. The summed E-state index contributed by atoms with van der Waals surface area (Å²) >= 11 is 6.20. The summed E-state index contributed by atoms with van der Waals surface area (Å²) in [6.07, 6.45) is 1.68. The van der Waals surface area contributed by atoms with Gasteiger partial charge in [0, 0.05) is 18.2 Å². The number of anilines is 1. The van der Waals surface area contributed by atoms with Crippen LogP contribution in [-0.4, -0.2) is 24.4 Å². The molecule has 0 spiro atoms. The normalized spacial score (nSPS) is 12.1. The highest BCUT2D eigenvalue weighted by molar-refractivity contribution is 6.29. The van der Waals surface area contributed by atoms with Gasteiger partial charge in [-0.15, -0.1) is 0 Å². The van der Waals surface area contributed by atoms with Crippen molar-refractivity contribution in [1.29, 1.82) is 0 Å². The molecule has 2 heterocycles. The number of hydrogen-bond acceptors (Lipinski definition) is 6. The van der Waals surface area contributed by atoms with E-state index in [0.717, 1.165) is 16.6 Å². The number of benzene rings is 2. The standard InChI is InChI=1S/C19H15ClN6O2/c1-12(13-5-4-6-14(9-13)26(27)28)22-19-23-17(20)10-18(24-19)25-11-21-15-7-2-3-8-16(15)25/h2-12H,1H3,(H,22,23,24). The van der Waals surface area contributed by atoms with Crippen LogP contribution in [0.1, 0.15) is 18.5 Å². The second-order valence-electron chi connectivity index (χ2n) is 6.19. The molecule has 0 fully saturated rings. The fraction of sp³-hybridized carbons (Fsp3) is 0.105. The molecule has 9 heteroatoms. The number of non-ortho nitro benzene ring substituents is 1. The van der Waals surface area contributed by atoms with Crippen LogP contribution in [0.3, 0.4) is 0 Å². The maximum atomic E-state index is 11.0. The van der Waals surface area contributed by atoms with Gasteiger partial charge in [0.1, 0.15) is 17.3 Å². The highest BCUT2D eigenvalue weighted by atomic mass is 35.5. The Kier molecular flexibility index (Phi) is 4.62. The van der Waals surface area contributed by atoms with Crippen LogP contribution in [-0.2, 0) is 0 Å². The van der Waals surface area contributed by atoms with Crippen molar-refractivity contribution >= 4 is 34.3 Å². The van der Waals surface area contributed by atoms with E-state index in [1.165, 1.54) is 12.1 Å². The quantitative estimate of drug-likeness (QED) is 0.303. The molecule has 8 nitrogen and oxygen atoms in total. The average Bonchev–Trinajstić information content (AvgIpc) is 3.12. The number of para-hydroxylation sites is 2. The first kappa shape index (κ1) is 17.9. The number of aromatic nitrogens is 4. The van der Waals surface area contributed by atoms with Gasteiger partial charge in [0.05, 0.1) is 22.0 Å². The number of rotatable bonds is 5. The molecule has 4 rings (SSSR count). The van der Waals surface area contributed by atoms with Gasteiger partial charge in [-0.3, -0.25) is 14.7 Å². The molecule has 1 unspecified atom stereocenters. The van der Waals surface area contributed by atoms with Crippen molar-refractivity contribution in [2.75, 3.05) is 5.32 Å². The van der Waals surface area contributed by atoms with E-state index in [1.807, 2.05) is 35.8 Å². The maximum absolute atomic E-state index is 11.0. The minimum absolute atomic E-state index is 0.0312. The summed E-state index contributed by atoms with van der Waals surface area (Å²) in [7, 11) is 0. The summed E-state index contributed by atoms with van der Waals surface area (Å²) in [6.45, 7) is 1.87. The van der Waals surface area contributed by atoms with Crippen molar-refractivity contribution in [3.63, 3.8) is 0 Å². The van der Waals surface area contributed by atoms with E-state index >= 15 is 0 Å². The van der Waals surface area contributed by atoms with E-state index in [1.54, 1.807) is 24.5 Å². The molecule has 140 valence electrons. The number of nitrogens with zero attached hydrogens (tertiary/aromatic N) is 5. The Bertz CT molecular complexity index is 1180. The lowest BCUT2D eigenvalue weighted by molar-refractivity contribution is -0.384. The van der Waals surface area contributed by atoms with Crippen molar-refractivity contribution in [2.45, 2.75) is 13.0 Å². The van der Waals surface area contributed by atoms with E-state index in [2.05, 4.69) is 20.3 Å². The smallest absolute Gasteiger partial charge is 0.269 e. The van der Waals surface area contributed by atoms with Crippen molar-refractivity contribution in [1.82, 2.24) is 19.5 Å². The fourth-order valence-electron chi connectivity index (χ4n) is 2.92. The molecule has 28 heavy (non-hydrogen) atoms. The van der Waals surface area contributed by atoms with Gasteiger partial charge in [-0.1, -0.05) is 35.9 Å². The van der Waals surface area contributed by atoms with Crippen molar-refractivity contribution in [2.24, 2.45) is 0 Å². The first-order chi connectivity index (χ1) is 13.5. The Morgan fingerprint density at radius 3 is 2.79 bits per heavy atom. The van der Waals surface area contributed by atoms with Crippen LogP contribution in [0.5, 0.6) is 0 Å². The third kappa shape index (κ3) is 3.49. The Morgan fingerprint density at radius 1 is 1.14 bits per heavy atom. The van der Waals surface area contributed by atoms with Gasteiger partial charge in [-0.2, -0.15) is 4.98 Å². The summed E-state index contributed by atoms with van der Waals surface area (Å²) in [5.74, 6) is 0.890. The van der Waals surface area contributed by atoms with Crippen LogP contribution in [0, 0.1) is 10.1 Å². The summed E-state index contributed by atoms with van der Waals surface area (Å²) in [6, 6.07) is 15.5. The molecule has 1 N–H and O–H groups in total. The maximum Gasteiger partial charge on any atom is 0.269 e. The Labute approximate surface area is 165 Å². The summed E-state index contributed by atoms with van der Waals surface area (Å²) < 4.78 is 1.83. The number of halogens is 1. The minimum Gasteiger partial charge on any atom is -0.348 e.